The highest BCUT2D eigenvalue weighted by molar-refractivity contribution is 7.92. The molecular formula is C6H10O4S. The number of hydrogen-bond donors (Lipinski definition) is 0. The number of carbonyl (C=O) groups is 2. The Morgan fingerprint density at radius 2 is 1.27 bits per heavy atom. The molecule has 0 atom stereocenters. The van der Waals surface area contributed by atoms with Crippen LogP contribution < -0.4 is 0 Å². The average Bonchev–Trinajstić information content (AvgIpc) is 1.53. The standard InChI is InChI=1S/C6H10O4S/c1-5(7)3-11(9,10)4-6(2)8/h3-4H2,1-2H3. The first-order valence-corrected chi connectivity index (χ1v) is 4.85. The highest BCUT2D eigenvalue weighted by Gasteiger charge is 2.15. The summed E-state index contributed by atoms with van der Waals surface area (Å²) in [5, 5.41) is 0. The molecule has 0 N–H and O–H groups in total. The predicted molar refractivity (Wildman–Crippen MR) is 40.0 cm³/mol. The smallest absolute Gasteiger partial charge is 0.164 e. The van der Waals surface area contributed by atoms with Crippen molar-refractivity contribution in [2.75, 3.05) is 11.5 Å². The molecule has 64 valence electrons. The van der Waals surface area contributed by atoms with Crippen LogP contribution in [0.2, 0.25) is 0 Å². The van der Waals surface area contributed by atoms with Gasteiger partial charge in [0.1, 0.15) is 23.1 Å². The summed E-state index contributed by atoms with van der Waals surface area (Å²) in [6.45, 7) is 2.36. The molecule has 0 saturated heterocycles. The number of hydrogen-bond acceptors (Lipinski definition) is 4. The summed E-state index contributed by atoms with van der Waals surface area (Å²) in [5.41, 5.74) is 0. The Morgan fingerprint density at radius 1 is 1.00 bits per heavy atom. The molecule has 4 nitrogen and oxygen atoms in total. The SMILES string of the molecule is CC(=O)CS(=O)(=O)CC(C)=O. The quantitative estimate of drug-likeness (QED) is 0.586. The van der Waals surface area contributed by atoms with Crippen LogP contribution in [0.25, 0.3) is 0 Å². The van der Waals surface area contributed by atoms with Gasteiger partial charge in [0.2, 0.25) is 0 Å². The number of Topliss-reactive ketones (excluding diaryl/α,β-unsaturated/α-hetero) is 2. The Bertz CT molecular complexity index is 240. The van der Waals surface area contributed by atoms with E-state index in [1.54, 1.807) is 0 Å². The molecule has 0 aliphatic carbocycles. The van der Waals surface area contributed by atoms with Gasteiger partial charge in [-0.25, -0.2) is 8.42 Å². The molecule has 0 spiro atoms. The molecule has 0 aliphatic rings. The topological polar surface area (TPSA) is 68.3 Å². The van der Waals surface area contributed by atoms with E-state index in [4.69, 9.17) is 0 Å². The lowest BCUT2D eigenvalue weighted by Crippen LogP contribution is -2.20. The second-order valence-electron chi connectivity index (χ2n) is 2.44. The fourth-order valence-electron chi connectivity index (χ4n) is 0.670. The van der Waals surface area contributed by atoms with Gasteiger partial charge >= 0.3 is 0 Å². The molecule has 0 heterocycles. The maximum Gasteiger partial charge on any atom is 0.164 e. The van der Waals surface area contributed by atoms with Gasteiger partial charge in [0.25, 0.3) is 0 Å². The van der Waals surface area contributed by atoms with Crippen molar-refractivity contribution in [2.24, 2.45) is 0 Å². The molecular weight excluding hydrogens is 168 g/mol. The lowest BCUT2D eigenvalue weighted by atomic mass is 10.5. The van der Waals surface area contributed by atoms with Crippen molar-refractivity contribution in [3.63, 3.8) is 0 Å². The van der Waals surface area contributed by atoms with Crippen LogP contribution in [0.3, 0.4) is 0 Å². The normalized spacial score (nSPS) is 11.1. The molecule has 11 heavy (non-hydrogen) atoms. The highest BCUT2D eigenvalue weighted by atomic mass is 32.2. The van der Waals surface area contributed by atoms with Gasteiger partial charge in [0.05, 0.1) is 0 Å². The fraction of sp³-hybridized carbons (Fsp3) is 0.667. The van der Waals surface area contributed by atoms with E-state index in [-0.39, 0.29) is 0 Å². The second kappa shape index (κ2) is 3.61. The van der Waals surface area contributed by atoms with Gasteiger partial charge in [-0.3, -0.25) is 9.59 Å². The Hall–Kier alpha value is -0.710. The van der Waals surface area contributed by atoms with Gasteiger partial charge in [-0.05, 0) is 13.8 Å². The maximum absolute atomic E-state index is 10.8. The summed E-state index contributed by atoms with van der Waals surface area (Å²) >= 11 is 0. The molecule has 0 aromatic heterocycles. The lowest BCUT2D eigenvalue weighted by molar-refractivity contribution is -0.115. The van der Waals surface area contributed by atoms with Crippen molar-refractivity contribution < 1.29 is 18.0 Å². The maximum atomic E-state index is 10.8. The first kappa shape index (κ1) is 10.3. The predicted octanol–water partition coefficient (Wildman–Crippen LogP) is -0.421. The molecule has 0 rings (SSSR count). The van der Waals surface area contributed by atoms with Gasteiger partial charge in [-0.2, -0.15) is 0 Å². The summed E-state index contributed by atoms with van der Waals surface area (Å²) in [6, 6.07) is 0. The molecule has 0 aromatic rings. The zero-order valence-corrected chi connectivity index (χ0v) is 7.27. The Balaban J connectivity index is 4.25. The Morgan fingerprint density at radius 3 is 1.45 bits per heavy atom. The van der Waals surface area contributed by atoms with Gasteiger partial charge in [0, 0.05) is 0 Å². The minimum absolute atomic E-state index is 0.439. The average molecular weight is 178 g/mol. The van der Waals surface area contributed by atoms with E-state index in [2.05, 4.69) is 0 Å². The van der Waals surface area contributed by atoms with Crippen LogP contribution in [-0.2, 0) is 19.4 Å². The molecule has 0 radical (unpaired) electrons. The van der Waals surface area contributed by atoms with Crippen LogP contribution in [0, 0.1) is 0 Å². The van der Waals surface area contributed by atoms with Crippen molar-refractivity contribution in [3.8, 4) is 0 Å². The van der Waals surface area contributed by atoms with Crippen LogP contribution in [0.1, 0.15) is 13.8 Å². The minimum atomic E-state index is -3.48. The zero-order chi connectivity index (χ0) is 9.07. The number of ketones is 2. The van der Waals surface area contributed by atoms with Gasteiger partial charge in [-0.1, -0.05) is 0 Å². The minimum Gasteiger partial charge on any atom is -0.299 e. The molecule has 0 aromatic carbocycles. The molecule has 0 fully saturated rings. The van der Waals surface area contributed by atoms with Crippen LogP contribution in [0.5, 0.6) is 0 Å². The van der Waals surface area contributed by atoms with Crippen molar-refractivity contribution >= 4 is 21.4 Å². The zero-order valence-electron chi connectivity index (χ0n) is 6.46. The molecule has 0 amide bonds. The second-order valence-corrected chi connectivity index (χ2v) is 4.50. The van der Waals surface area contributed by atoms with E-state index >= 15 is 0 Å². The van der Waals surface area contributed by atoms with Crippen LogP contribution in [0.15, 0.2) is 0 Å². The largest absolute Gasteiger partial charge is 0.299 e. The van der Waals surface area contributed by atoms with Crippen LogP contribution in [0.4, 0.5) is 0 Å². The van der Waals surface area contributed by atoms with E-state index in [0.29, 0.717) is 0 Å². The fourth-order valence-corrected chi connectivity index (χ4v) is 2.01. The van der Waals surface area contributed by atoms with E-state index in [9.17, 15) is 18.0 Å². The number of sulfone groups is 1. The summed E-state index contributed by atoms with van der Waals surface area (Å²) in [4.78, 5) is 20.7. The summed E-state index contributed by atoms with van der Waals surface area (Å²) in [6.07, 6.45) is 0. The Labute approximate surface area is 65.5 Å². The Kier molecular flexibility index (Phi) is 3.38. The van der Waals surface area contributed by atoms with Gasteiger partial charge < -0.3 is 0 Å². The van der Waals surface area contributed by atoms with Crippen molar-refractivity contribution in [3.05, 3.63) is 0 Å². The van der Waals surface area contributed by atoms with Crippen molar-refractivity contribution in [1.82, 2.24) is 0 Å². The third-order valence-corrected chi connectivity index (χ3v) is 2.54. The number of rotatable bonds is 4. The summed E-state index contributed by atoms with van der Waals surface area (Å²) < 4.78 is 21.6. The molecule has 0 aliphatic heterocycles. The summed E-state index contributed by atoms with van der Waals surface area (Å²) in [7, 11) is -3.48. The molecule has 0 saturated carbocycles. The number of carbonyl (C=O) groups excluding carboxylic acids is 2. The van der Waals surface area contributed by atoms with E-state index in [1.165, 1.54) is 13.8 Å². The lowest BCUT2D eigenvalue weighted by Gasteiger charge is -1.96. The molecule has 5 heteroatoms. The summed E-state index contributed by atoms with van der Waals surface area (Å²) in [5.74, 6) is -1.95. The van der Waals surface area contributed by atoms with E-state index in [0.717, 1.165) is 0 Å². The van der Waals surface area contributed by atoms with Crippen molar-refractivity contribution in [1.29, 1.82) is 0 Å². The van der Waals surface area contributed by atoms with E-state index in [1.807, 2.05) is 0 Å². The monoisotopic (exact) mass is 178 g/mol. The van der Waals surface area contributed by atoms with Gasteiger partial charge in [-0.15, -0.1) is 0 Å². The molecule has 0 bridgehead atoms. The van der Waals surface area contributed by atoms with Gasteiger partial charge in [0.15, 0.2) is 9.84 Å². The third kappa shape index (κ3) is 5.72. The van der Waals surface area contributed by atoms with Crippen LogP contribution in [-0.4, -0.2) is 31.5 Å². The first-order chi connectivity index (χ1) is 4.83. The van der Waals surface area contributed by atoms with E-state index < -0.39 is 32.9 Å². The first-order valence-electron chi connectivity index (χ1n) is 3.03. The van der Waals surface area contributed by atoms with Crippen LogP contribution >= 0.6 is 0 Å². The highest BCUT2D eigenvalue weighted by Crippen LogP contribution is 1.91. The van der Waals surface area contributed by atoms with Crippen molar-refractivity contribution in [2.45, 2.75) is 13.8 Å². The third-order valence-electron chi connectivity index (χ3n) is 0.846. The molecule has 0 unspecified atom stereocenters.